The fourth-order valence-electron chi connectivity index (χ4n) is 2.07. The third kappa shape index (κ3) is 1.99. The lowest BCUT2D eigenvalue weighted by Gasteiger charge is -2.02. The summed E-state index contributed by atoms with van der Waals surface area (Å²) in [6.07, 6.45) is 1.57. The van der Waals surface area contributed by atoms with Gasteiger partial charge in [0.15, 0.2) is 5.76 Å². The molecule has 2 aromatic carbocycles. The van der Waals surface area contributed by atoms with E-state index in [-0.39, 0.29) is 17.3 Å². The SMILES string of the molecule is Cc1ccc(O)c(/C=C2\Oc3ccccc3C2=O)c1. The number of ether oxygens (including phenoxy) is 1. The second-order valence-electron chi connectivity index (χ2n) is 4.50. The van der Waals surface area contributed by atoms with Crippen LogP contribution in [-0.4, -0.2) is 10.9 Å². The van der Waals surface area contributed by atoms with Crippen LogP contribution < -0.4 is 4.74 Å². The highest BCUT2D eigenvalue weighted by molar-refractivity contribution is 6.14. The van der Waals surface area contributed by atoms with Crippen LogP contribution in [0.3, 0.4) is 0 Å². The first kappa shape index (κ1) is 11.5. The smallest absolute Gasteiger partial charge is 0.231 e. The van der Waals surface area contributed by atoms with Crippen LogP contribution in [0.1, 0.15) is 21.5 Å². The molecule has 0 aliphatic carbocycles. The van der Waals surface area contributed by atoms with E-state index >= 15 is 0 Å². The summed E-state index contributed by atoms with van der Waals surface area (Å²) in [4.78, 5) is 12.1. The van der Waals surface area contributed by atoms with Crippen molar-refractivity contribution in [3.05, 3.63) is 64.9 Å². The van der Waals surface area contributed by atoms with Crippen LogP contribution in [0, 0.1) is 6.92 Å². The Morgan fingerprint density at radius 1 is 1.16 bits per heavy atom. The molecule has 0 unspecified atom stereocenters. The van der Waals surface area contributed by atoms with E-state index in [1.54, 1.807) is 30.3 Å². The predicted octanol–water partition coefficient (Wildman–Crippen LogP) is 3.32. The summed E-state index contributed by atoms with van der Waals surface area (Å²) in [5.41, 5.74) is 2.14. The first-order valence-corrected chi connectivity index (χ1v) is 5.98. The number of ketones is 1. The first-order valence-electron chi connectivity index (χ1n) is 5.98. The van der Waals surface area contributed by atoms with Crippen LogP contribution in [0.2, 0.25) is 0 Å². The van der Waals surface area contributed by atoms with Gasteiger partial charge in [0.25, 0.3) is 0 Å². The Hall–Kier alpha value is -2.55. The van der Waals surface area contributed by atoms with Gasteiger partial charge in [0.1, 0.15) is 11.5 Å². The van der Waals surface area contributed by atoms with Gasteiger partial charge in [0, 0.05) is 5.56 Å². The Morgan fingerprint density at radius 2 is 1.95 bits per heavy atom. The van der Waals surface area contributed by atoms with Gasteiger partial charge in [-0.2, -0.15) is 0 Å². The molecule has 94 valence electrons. The van der Waals surface area contributed by atoms with Crippen LogP contribution in [0.25, 0.3) is 6.08 Å². The molecular weight excluding hydrogens is 240 g/mol. The van der Waals surface area contributed by atoms with Gasteiger partial charge >= 0.3 is 0 Å². The summed E-state index contributed by atoms with van der Waals surface area (Å²) in [6.45, 7) is 1.92. The third-order valence-electron chi connectivity index (χ3n) is 3.05. The molecule has 2 aromatic rings. The average Bonchev–Trinajstić information content (AvgIpc) is 2.72. The number of allylic oxidation sites excluding steroid dienone is 1. The molecule has 0 aromatic heterocycles. The molecule has 1 aliphatic rings. The van der Waals surface area contributed by atoms with Gasteiger partial charge in [0.2, 0.25) is 5.78 Å². The van der Waals surface area contributed by atoms with Crippen LogP contribution in [0.4, 0.5) is 0 Å². The van der Waals surface area contributed by atoms with Crippen molar-refractivity contribution in [2.75, 3.05) is 0 Å². The monoisotopic (exact) mass is 252 g/mol. The number of rotatable bonds is 1. The number of hydrogen-bond donors (Lipinski definition) is 1. The van der Waals surface area contributed by atoms with E-state index in [1.807, 2.05) is 25.1 Å². The van der Waals surface area contributed by atoms with Crippen molar-refractivity contribution < 1.29 is 14.6 Å². The third-order valence-corrected chi connectivity index (χ3v) is 3.05. The molecule has 0 saturated heterocycles. The lowest BCUT2D eigenvalue weighted by molar-refractivity contribution is 0.101. The fraction of sp³-hybridized carbons (Fsp3) is 0.0625. The van der Waals surface area contributed by atoms with Crippen molar-refractivity contribution >= 4 is 11.9 Å². The molecule has 0 fully saturated rings. The van der Waals surface area contributed by atoms with Gasteiger partial charge in [-0.3, -0.25) is 4.79 Å². The van der Waals surface area contributed by atoms with Crippen molar-refractivity contribution in [1.82, 2.24) is 0 Å². The number of carbonyl (C=O) groups is 1. The summed E-state index contributed by atoms with van der Waals surface area (Å²) >= 11 is 0. The first-order chi connectivity index (χ1) is 9.15. The van der Waals surface area contributed by atoms with Gasteiger partial charge in [-0.1, -0.05) is 23.8 Å². The number of phenols is 1. The number of phenolic OH excluding ortho intramolecular Hbond substituents is 1. The second kappa shape index (κ2) is 4.28. The summed E-state index contributed by atoms with van der Waals surface area (Å²) in [5, 5.41) is 9.79. The maximum atomic E-state index is 12.1. The highest BCUT2D eigenvalue weighted by atomic mass is 16.5. The molecule has 0 spiro atoms. The Balaban J connectivity index is 2.03. The number of benzene rings is 2. The largest absolute Gasteiger partial charge is 0.507 e. The van der Waals surface area contributed by atoms with Crippen molar-refractivity contribution in [2.24, 2.45) is 0 Å². The predicted molar refractivity (Wildman–Crippen MR) is 72.2 cm³/mol. The minimum atomic E-state index is -0.156. The van der Waals surface area contributed by atoms with E-state index in [4.69, 9.17) is 4.74 Å². The molecule has 0 saturated carbocycles. The minimum absolute atomic E-state index is 0.130. The zero-order valence-corrected chi connectivity index (χ0v) is 10.4. The van der Waals surface area contributed by atoms with E-state index in [0.717, 1.165) is 5.56 Å². The maximum absolute atomic E-state index is 12.1. The zero-order chi connectivity index (χ0) is 13.4. The van der Waals surface area contributed by atoms with Crippen molar-refractivity contribution in [3.63, 3.8) is 0 Å². The summed E-state index contributed by atoms with van der Waals surface area (Å²) < 4.78 is 5.52. The van der Waals surface area contributed by atoms with Crippen LogP contribution in [0.15, 0.2) is 48.2 Å². The van der Waals surface area contributed by atoms with Gasteiger partial charge in [0.05, 0.1) is 5.56 Å². The van der Waals surface area contributed by atoms with E-state index < -0.39 is 0 Å². The lowest BCUT2D eigenvalue weighted by atomic mass is 10.1. The van der Waals surface area contributed by atoms with Gasteiger partial charge in [-0.15, -0.1) is 0 Å². The Morgan fingerprint density at radius 3 is 2.74 bits per heavy atom. The van der Waals surface area contributed by atoms with Crippen molar-refractivity contribution in [1.29, 1.82) is 0 Å². The molecule has 0 radical (unpaired) electrons. The van der Waals surface area contributed by atoms with E-state index in [1.165, 1.54) is 0 Å². The molecule has 1 aliphatic heterocycles. The van der Waals surface area contributed by atoms with E-state index in [0.29, 0.717) is 16.9 Å². The quantitative estimate of drug-likeness (QED) is 0.792. The Labute approximate surface area is 110 Å². The maximum Gasteiger partial charge on any atom is 0.231 e. The lowest BCUT2D eigenvalue weighted by Crippen LogP contribution is -1.98. The molecule has 19 heavy (non-hydrogen) atoms. The Bertz CT molecular complexity index is 699. The van der Waals surface area contributed by atoms with Crippen molar-refractivity contribution in [3.8, 4) is 11.5 Å². The highest BCUT2D eigenvalue weighted by Gasteiger charge is 2.26. The normalized spacial score (nSPS) is 15.4. The molecule has 1 heterocycles. The standard InChI is InChI=1S/C16H12O3/c1-10-6-7-13(17)11(8-10)9-15-16(18)12-4-2-3-5-14(12)19-15/h2-9,17H,1H3/b15-9-. The average molecular weight is 252 g/mol. The number of Topliss-reactive ketones (excluding diaryl/α,β-unsaturated/α-hetero) is 1. The minimum Gasteiger partial charge on any atom is -0.507 e. The molecule has 3 rings (SSSR count). The molecule has 3 nitrogen and oxygen atoms in total. The number of aryl methyl sites for hydroxylation is 1. The number of carbonyl (C=O) groups excluding carboxylic acids is 1. The summed E-state index contributed by atoms with van der Waals surface area (Å²) in [6, 6.07) is 12.3. The molecular formula is C16H12O3. The number of para-hydroxylation sites is 1. The van der Waals surface area contributed by atoms with Crippen LogP contribution in [-0.2, 0) is 0 Å². The van der Waals surface area contributed by atoms with Gasteiger partial charge in [-0.05, 0) is 37.3 Å². The number of fused-ring (bicyclic) bond motifs is 1. The summed E-state index contributed by atoms with van der Waals surface area (Å²) in [5.74, 6) is 0.773. The fourth-order valence-corrected chi connectivity index (χ4v) is 2.07. The van der Waals surface area contributed by atoms with Gasteiger partial charge < -0.3 is 9.84 Å². The second-order valence-corrected chi connectivity index (χ2v) is 4.50. The molecule has 0 atom stereocenters. The molecule has 1 N–H and O–H groups in total. The van der Waals surface area contributed by atoms with Crippen LogP contribution >= 0.6 is 0 Å². The van der Waals surface area contributed by atoms with E-state index in [2.05, 4.69) is 0 Å². The highest BCUT2D eigenvalue weighted by Crippen LogP contribution is 2.32. The zero-order valence-electron chi connectivity index (χ0n) is 10.4. The van der Waals surface area contributed by atoms with Gasteiger partial charge in [-0.25, -0.2) is 0 Å². The molecule has 0 bridgehead atoms. The number of aromatic hydroxyl groups is 1. The van der Waals surface area contributed by atoms with Crippen LogP contribution in [0.5, 0.6) is 11.5 Å². The molecule has 0 amide bonds. The topological polar surface area (TPSA) is 46.5 Å². The Kier molecular flexibility index (Phi) is 2.60. The molecule has 3 heteroatoms. The van der Waals surface area contributed by atoms with E-state index in [9.17, 15) is 9.90 Å². The summed E-state index contributed by atoms with van der Waals surface area (Å²) in [7, 11) is 0. The number of hydrogen-bond acceptors (Lipinski definition) is 3. The van der Waals surface area contributed by atoms with Crippen molar-refractivity contribution in [2.45, 2.75) is 6.92 Å².